The molecule has 0 aliphatic rings. The van der Waals surface area contributed by atoms with E-state index < -0.39 is 0 Å². The van der Waals surface area contributed by atoms with Crippen LogP contribution in [0.4, 0.5) is 0 Å². The lowest BCUT2D eigenvalue weighted by Crippen LogP contribution is -2.11. The van der Waals surface area contributed by atoms with Gasteiger partial charge >= 0.3 is 0 Å². The van der Waals surface area contributed by atoms with Crippen molar-refractivity contribution in [1.82, 2.24) is 4.98 Å². The normalized spacial score (nSPS) is 12.8. The Balaban J connectivity index is 2.10. The number of hydrogen-bond acceptors (Lipinski definition) is 3. The minimum Gasteiger partial charge on any atom is -0.320 e. The van der Waals surface area contributed by atoms with Crippen LogP contribution in [0.2, 0.25) is 0 Å². The topological polar surface area (TPSA) is 38.9 Å². The predicted molar refractivity (Wildman–Crippen MR) is 72.1 cm³/mol. The first-order valence-electron chi connectivity index (χ1n) is 5.48. The zero-order valence-corrected chi connectivity index (χ0v) is 10.0. The largest absolute Gasteiger partial charge is 0.320 e. The molecule has 2 aromatic heterocycles. The van der Waals surface area contributed by atoms with Gasteiger partial charge in [0, 0.05) is 17.1 Å². The third-order valence-corrected chi connectivity index (χ3v) is 3.87. The van der Waals surface area contributed by atoms with Crippen molar-refractivity contribution < 1.29 is 0 Å². The van der Waals surface area contributed by atoms with Crippen molar-refractivity contribution in [3.8, 4) is 0 Å². The van der Waals surface area contributed by atoms with E-state index in [1.807, 2.05) is 18.3 Å². The number of rotatable bonds is 2. The maximum absolute atomic E-state index is 6.29. The number of aromatic nitrogens is 1. The van der Waals surface area contributed by atoms with Gasteiger partial charge < -0.3 is 5.73 Å². The van der Waals surface area contributed by atoms with Crippen molar-refractivity contribution in [2.45, 2.75) is 6.04 Å². The van der Waals surface area contributed by atoms with Crippen LogP contribution in [0.25, 0.3) is 10.1 Å². The predicted octanol–water partition coefficient (Wildman–Crippen LogP) is 3.34. The molecule has 0 aliphatic carbocycles. The second-order valence-corrected chi connectivity index (χ2v) is 4.86. The molecular weight excluding hydrogens is 228 g/mol. The fraction of sp³-hybridized carbons (Fsp3) is 0.0714. The van der Waals surface area contributed by atoms with E-state index in [-0.39, 0.29) is 6.04 Å². The summed E-state index contributed by atoms with van der Waals surface area (Å²) >= 11 is 1.74. The van der Waals surface area contributed by atoms with Gasteiger partial charge in [-0.1, -0.05) is 24.3 Å². The Morgan fingerprint density at radius 3 is 2.82 bits per heavy atom. The molecule has 3 heteroatoms. The molecule has 2 heterocycles. The minimum absolute atomic E-state index is 0.0974. The van der Waals surface area contributed by atoms with Gasteiger partial charge in [0.2, 0.25) is 0 Å². The van der Waals surface area contributed by atoms with Gasteiger partial charge in [-0.2, -0.15) is 0 Å². The number of nitrogens with zero attached hydrogens (tertiary/aromatic N) is 1. The van der Waals surface area contributed by atoms with Crippen LogP contribution in [0.15, 0.2) is 54.2 Å². The van der Waals surface area contributed by atoms with Gasteiger partial charge in [-0.15, -0.1) is 11.3 Å². The number of hydrogen-bond donors (Lipinski definition) is 1. The van der Waals surface area contributed by atoms with Crippen LogP contribution in [0, 0.1) is 0 Å². The first-order chi connectivity index (χ1) is 8.36. The van der Waals surface area contributed by atoms with Crippen molar-refractivity contribution in [3.05, 3.63) is 65.3 Å². The van der Waals surface area contributed by atoms with Gasteiger partial charge in [0.1, 0.15) is 0 Å². The standard InChI is InChI=1S/C14H12N2S/c15-14(10-4-3-7-16-8-10)12-9-17-13-6-2-1-5-11(12)13/h1-9,14H,15H2. The van der Waals surface area contributed by atoms with Crippen molar-refractivity contribution in [2.75, 3.05) is 0 Å². The molecule has 2 N–H and O–H groups in total. The maximum atomic E-state index is 6.29. The van der Waals surface area contributed by atoms with Gasteiger partial charge in [-0.05, 0) is 34.0 Å². The zero-order valence-electron chi connectivity index (χ0n) is 9.21. The van der Waals surface area contributed by atoms with E-state index in [0.29, 0.717) is 0 Å². The SMILES string of the molecule is NC(c1cccnc1)c1csc2ccccc12. The second-order valence-electron chi connectivity index (χ2n) is 3.95. The van der Waals surface area contributed by atoms with E-state index in [2.05, 4.69) is 34.6 Å². The molecule has 0 radical (unpaired) electrons. The highest BCUT2D eigenvalue weighted by molar-refractivity contribution is 7.17. The van der Waals surface area contributed by atoms with Crippen LogP contribution in [-0.4, -0.2) is 4.98 Å². The lowest BCUT2D eigenvalue weighted by Gasteiger charge is -2.10. The molecular formula is C14H12N2S. The van der Waals surface area contributed by atoms with E-state index in [0.717, 1.165) is 5.56 Å². The molecule has 17 heavy (non-hydrogen) atoms. The maximum Gasteiger partial charge on any atom is 0.0581 e. The highest BCUT2D eigenvalue weighted by Gasteiger charge is 2.13. The molecule has 0 spiro atoms. The summed E-state index contributed by atoms with van der Waals surface area (Å²) in [5.74, 6) is 0. The number of nitrogens with two attached hydrogens (primary N) is 1. The van der Waals surface area contributed by atoms with Crippen molar-refractivity contribution in [3.63, 3.8) is 0 Å². The van der Waals surface area contributed by atoms with Crippen LogP contribution < -0.4 is 5.73 Å². The molecule has 1 atom stereocenters. The van der Waals surface area contributed by atoms with E-state index in [4.69, 9.17) is 5.73 Å². The number of thiophene rings is 1. The molecule has 0 fully saturated rings. The Morgan fingerprint density at radius 2 is 2.00 bits per heavy atom. The molecule has 0 amide bonds. The van der Waals surface area contributed by atoms with E-state index in [9.17, 15) is 0 Å². The average Bonchev–Trinajstić information content (AvgIpc) is 2.83. The summed E-state index contributed by atoms with van der Waals surface area (Å²) in [6.07, 6.45) is 3.60. The molecule has 0 saturated heterocycles. The van der Waals surface area contributed by atoms with Crippen LogP contribution >= 0.6 is 11.3 Å². The summed E-state index contributed by atoms with van der Waals surface area (Å²) < 4.78 is 1.28. The van der Waals surface area contributed by atoms with Gasteiger partial charge in [-0.25, -0.2) is 0 Å². The summed E-state index contributed by atoms with van der Waals surface area (Å²) in [5.41, 5.74) is 8.52. The zero-order chi connectivity index (χ0) is 11.7. The highest BCUT2D eigenvalue weighted by atomic mass is 32.1. The molecule has 1 aromatic carbocycles. The monoisotopic (exact) mass is 240 g/mol. The Bertz CT molecular complexity index is 631. The molecule has 1 unspecified atom stereocenters. The molecule has 84 valence electrons. The smallest absolute Gasteiger partial charge is 0.0581 e. The Hall–Kier alpha value is -1.71. The fourth-order valence-electron chi connectivity index (χ4n) is 1.98. The van der Waals surface area contributed by atoms with Gasteiger partial charge in [-0.3, -0.25) is 4.98 Å². The lowest BCUT2D eigenvalue weighted by molar-refractivity contribution is 0.876. The van der Waals surface area contributed by atoms with Crippen LogP contribution in [-0.2, 0) is 0 Å². The Labute approximate surface area is 104 Å². The Morgan fingerprint density at radius 1 is 1.12 bits per heavy atom. The van der Waals surface area contributed by atoms with Crippen LogP contribution in [0.5, 0.6) is 0 Å². The minimum atomic E-state index is -0.0974. The number of benzene rings is 1. The number of pyridine rings is 1. The van der Waals surface area contributed by atoms with Crippen molar-refractivity contribution in [1.29, 1.82) is 0 Å². The van der Waals surface area contributed by atoms with Gasteiger partial charge in [0.15, 0.2) is 0 Å². The molecule has 0 aliphatic heterocycles. The first kappa shape index (κ1) is 10.4. The molecule has 0 saturated carbocycles. The van der Waals surface area contributed by atoms with Gasteiger partial charge in [0.05, 0.1) is 6.04 Å². The Kier molecular flexibility index (Phi) is 2.63. The van der Waals surface area contributed by atoms with Crippen molar-refractivity contribution >= 4 is 21.4 Å². The summed E-state index contributed by atoms with van der Waals surface area (Å²) in [4.78, 5) is 4.12. The van der Waals surface area contributed by atoms with Crippen molar-refractivity contribution in [2.24, 2.45) is 5.73 Å². The van der Waals surface area contributed by atoms with Gasteiger partial charge in [0.25, 0.3) is 0 Å². The molecule has 3 rings (SSSR count). The quantitative estimate of drug-likeness (QED) is 0.746. The lowest BCUT2D eigenvalue weighted by atomic mass is 10.0. The van der Waals surface area contributed by atoms with Crippen LogP contribution in [0.1, 0.15) is 17.2 Å². The second kappa shape index (κ2) is 4.28. The fourth-order valence-corrected chi connectivity index (χ4v) is 2.98. The number of fused-ring (bicyclic) bond motifs is 1. The third kappa shape index (κ3) is 1.84. The third-order valence-electron chi connectivity index (χ3n) is 2.89. The van der Waals surface area contributed by atoms with E-state index in [1.165, 1.54) is 15.6 Å². The average molecular weight is 240 g/mol. The van der Waals surface area contributed by atoms with Crippen LogP contribution in [0.3, 0.4) is 0 Å². The molecule has 3 aromatic rings. The summed E-state index contributed by atoms with van der Waals surface area (Å²) in [6.45, 7) is 0. The van der Waals surface area contributed by atoms with E-state index >= 15 is 0 Å². The van der Waals surface area contributed by atoms with E-state index in [1.54, 1.807) is 17.5 Å². The highest BCUT2D eigenvalue weighted by Crippen LogP contribution is 2.31. The molecule has 2 nitrogen and oxygen atoms in total. The summed E-state index contributed by atoms with van der Waals surface area (Å²) in [7, 11) is 0. The summed E-state index contributed by atoms with van der Waals surface area (Å²) in [5, 5.41) is 3.39. The first-order valence-corrected chi connectivity index (χ1v) is 6.36. The molecule has 0 bridgehead atoms. The summed E-state index contributed by atoms with van der Waals surface area (Å²) in [6, 6.07) is 12.2.